The summed E-state index contributed by atoms with van der Waals surface area (Å²) < 4.78 is 0. The van der Waals surface area contributed by atoms with Crippen molar-refractivity contribution in [2.45, 2.75) is 6.54 Å². The van der Waals surface area contributed by atoms with E-state index in [0.29, 0.717) is 0 Å². The first-order valence-corrected chi connectivity index (χ1v) is 9.76. The van der Waals surface area contributed by atoms with Crippen molar-refractivity contribution < 1.29 is 0 Å². The summed E-state index contributed by atoms with van der Waals surface area (Å²) in [6.45, 7) is 2.97. The monoisotopic (exact) mass is 365 g/mol. The summed E-state index contributed by atoms with van der Waals surface area (Å²) >= 11 is 0. The number of benzene rings is 3. The van der Waals surface area contributed by atoms with Crippen LogP contribution < -0.4 is 4.90 Å². The molecule has 1 aliphatic rings. The Morgan fingerprint density at radius 3 is 2.43 bits per heavy atom. The van der Waals surface area contributed by atoms with E-state index in [2.05, 4.69) is 94.6 Å². The van der Waals surface area contributed by atoms with E-state index < -0.39 is 0 Å². The van der Waals surface area contributed by atoms with Gasteiger partial charge in [-0.05, 0) is 70.9 Å². The van der Waals surface area contributed by atoms with E-state index >= 15 is 0 Å². The average molecular weight is 365 g/mol. The number of nitrogens with zero attached hydrogens (tertiary/aromatic N) is 3. The third kappa shape index (κ3) is 3.14. The third-order valence-electron chi connectivity index (χ3n) is 5.57. The molecule has 0 N–H and O–H groups in total. The Morgan fingerprint density at radius 2 is 1.57 bits per heavy atom. The van der Waals surface area contributed by atoms with Crippen LogP contribution in [0.3, 0.4) is 0 Å². The molecule has 0 radical (unpaired) electrons. The van der Waals surface area contributed by atoms with E-state index in [9.17, 15) is 0 Å². The fraction of sp³-hybridized carbons (Fsp3) is 0.160. The Bertz CT molecular complexity index is 1120. The summed E-state index contributed by atoms with van der Waals surface area (Å²) in [5.74, 6) is 0. The second kappa shape index (κ2) is 7.10. The van der Waals surface area contributed by atoms with Gasteiger partial charge in [0.15, 0.2) is 0 Å². The number of aromatic nitrogens is 1. The molecule has 4 aromatic rings. The third-order valence-corrected chi connectivity index (χ3v) is 5.57. The molecule has 1 aromatic heterocycles. The molecule has 0 amide bonds. The van der Waals surface area contributed by atoms with Crippen LogP contribution in [0.2, 0.25) is 0 Å². The molecule has 3 heteroatoms. The fourth-order valence-electron chi connectivity index (χ4n) is 4.07. The van der Waals surface area contributed by atoms with E-state index in [1.807, 2.05) is 12.4 Å². The molecule has 2 heterocycles. The largest absolute Gasteiger partial charge is 0.340 e. The van der Waals surface area contributed by atoms with Crippen LogP contribution in [0, 0.1) is 0 Å². The number of likely N-dealkylation sites (N-methyl/N-ethyl adjacent to an activating group) is 1. The van der Waals surface area contributed by atoms with Gasteiger partial charge in [-0.15, -0.1) is 0 Å². The van der Waals surface area contributed by atoms with Gasteiger partial charge in [-0.1, -0.05) is 36.4 Å². The standard InChI is InChI=1S/C25H23N3/c1-27-14-15-28(24-8-6-19-4-2-3-5-21(19)17-24)25-9-7-22(16-23(25)18-27)20-10-12-26-13-11-20/h2-13,16-17H,14-15,18H2,1H3. The maximum Gasteiger partial charge on any atom is 0.0457 e. The van der Waals surface area contributed by atoms with Gasteiger partial charge in [-0.2, -0.15) is 0 Å². The minimum Gasteiger partial charge on any atom is -0.340 e. The lowest BCUT2D eigenvalue weighted by Crippen LogP contribution is -2.26. The normalized spacial score (nSPS) is 14.7. The van der Waals surface area contributed by atoms with Crippen molar-refractivity contribution in [3.05, 3.63) is 90.8 Å². The first-order chi connectivity index (χ1) is 13.8. The highest BCUT2D eigenvalue weighted by atomic mass is 15.2. The van der Waals surface area contributed by atoms with Crippen LogP contribution in [0.15, 0.2) is 85.2 Å². The summed E-state index contributed by atoms with van der Waals surface area (Å²) in [7, 11) is 2.20. The Kier molecular flexibility index (Phi) is 4.30. The van der Waals surface area contributed by atoms with Crippen LogP contribution in [-0.4, -0.2) is 30.0 Å². The van der Waals surface area contributed by atoms with E-state index in [4.69, 9.17) is 0 Å². The lowest BCUT2D eigenvalue weighted by Gasteiger charge is -2.25. The number of pyridine rings is 1. The minimum absolute atomic E-state index is 0.957. The van der Waals surface area contributed by atoms with Crippen LogP contribution >= 0.6 is 0 Å². The zero-order valence-electron chi connectivity index (χ0n) is 16.0. The smallest absolute Gasteiger partial charge is 0.0457 e. The Hall–Kier alpha value is -3.17. The lowest BCUT2D eigenvalue weighted by atomic mass is 10.0. The topological polar surface area (TPSA) is 19.4 Å². The number of anilines is 2. The number of hydrogen-bond donors (Lipinski definition) is 0. The second-order valence-electron chi connectivity index (χ2n) is 7.50. The summed E-state index contributed by atoms with van der Waals surface area (Å²) in [5.41, 5.74) is 6.38. The Morgan fingerprint density at radius 1 is 0.750 bits per heavy atom. The maximum absolute atomic E-state index is 4.15. The van der Waals surface area contributed by atoms with Crippen molar-refractivity contribution in [1.29, 1.82) is 0 Å². The van der Waals surface area contributed by atoms with Gasteiger partial charge in [0.2, 0.25) is 0 Å². The summed E-state index contributed by atoms with van der Waals surface area (Å²) in [6.07, 6.45) is 3.71. The molecule has 0 spiro atoms. The van der Waals surface area contributed by atoms with Crippen molar-refractivity contribution in [2.24, 2.45) is 0 Å². The van der Waals surface area contributed by atoms with E-state index in [1.165, 1.54) is 38.8 Å². The first kappa shape index (κ1) is 17.0. The van der Waals surface area contributed by atoms with E-state index in [-0.39, 0.29) is 0 Å². The van der Waals surface area contributed by atoms with Gasteiger partial charge in [0, 0.05) is 43.4 Å². The Labute approximate surface area is 165 Å². The van der Waals surface area contributed by atoms with Crippen LogP contribution in [0.5, 0.6) is 0 Å². The number of hydrogen-bond acceptors (Lipinski definition) is 3. The molecular weight excluding hydrogens is 342 g/mol. The van der Waals surface area contributed by atoms with Gasteiger partial charge in [0.25, 0.3) is 0 Å². The highest BCUT2D eigenvalue weighted by molar-refractivity contribution is 5.87. The molecule has 1 aliphatic heterocycles. The van der Waals surface area contributed by atoms with E-state index in [0.717, 1.165) is 19.6 Å². The summed E-state index contributed by atoms with van der Waals surface area (Å²) in [5, 5.41) is 2.57. The first-order valence-electron chi connectivity index (χ1n) is 9.76. The number of fused-ring (bicyclic) bond motifs is 2. The van der Waals surface area contributed by atoms with Gasteiger partial charge in [0.05, 0.1) is 0 Å². The van der Waals surface area contributed by atoms with Crippen molar-refractivity contribution in [3.8, 4) is 11.1 Å². The molecule has 0 fully saturated rings. The predicted molar refractivity (Wildman–Crippen MR) is 117 cm³/mol. The summed E-state index contributed by atoms with van der Waals surface area (Å²) in [4.78, 5) is 9.00. The molecule has 0 unspecified atom stereocenters. The van der Waals surface area contributed by atoms with Gasteiger partial charge in [-0.3, -0.25) is 4.98 Å². The molecule has 28 heavy (non-hydrogen) atoms. The van der Waals surface area contributed by atoms with Crippen molar-refractivity contribution in [3.63, 3.8) is 0 Å². The fourth-order valence-corrected chi connectivity index (χ4v) is 4.07. The molecule has 3 nitrogen and oxygen atoms in total. The predicted octanol–water partition coefficient (Wildman–Crippen LogP) is 5.49. The van der Waals surface area contributed by atoms with Crippen LogP contribution in [-0.2, 0) is 6.54 Å². The molecule has 5 rings (SSSR count). The van der Waals surface area contributed by atoms with Crippen molar-refractivity contribution >= 4 is 22.1 Å². The molecule has 0 aliphatic carbocycles. The SMILES string of the molecule is CN1CCN(c2ccc3ccccc3c2)c2ccc(-c3ccncc3)cc2C1. The second-order valence-corrected chi connectivity index (χ2v) is 7.50. The molecular formula is C25H23N3. The minimum atomic E-state index is 0.957. The molecule has 0 saturated heterocycles. The summed E-state index contributed by atoms with van der Waals surface area (Å²) in [6, 6.07) is 26.3. The Balaban J connectivity index is 1.60. The van der Waals surface area contributed by atoms with Gasteiger partial charge < -0.3 is 9.80 Å². The molecule has 0 saturated carbocycles. The highest BCUT2D eigenvalue weighted by Crippen LogP contribution is 2.35. The van der Waals surface area contributed by atoms with Crippen molar-refractivity contribution in [1.82, 2.24) is 9.88 Å². The van der Waals surface area contributed by atoms with Gasteiger partial charge in [-0.25, -0.2) is 0 Å². The van der Waals surface area contributed by atoms with Gasteiger partial charge in [0.1, 0.15) is 0 Å². The quantitative estimate of drug-likeness (QED) is 0.468. The van der Waals surface area contributed by atoms with Crippen LogP contribution in [0.1, 0.15) is 5.56 Å². The number of rotatable bonds is 2. The maximum atomic E-state index is 4.15. The zero-order chi connectivity index (χ0) is 18.9. The molecule has 3 aromatic carbocycles. The van der Waals surface area contributed by atoms with E-state index in [1.54, 1.807) is 0 Å². The van der Waals surface area contributed by atoms with Gasteiger partial charge >= 0.3 is 0 Å². The molecule has 0 atom stereocenters. The average Bonchev–Trinajstić information content (AvgIpc) is 2.91. The lowest BCUT2D eigenvalue weighted by molar-refractivity contribution is 0.343. The van der Waals surface area contributed by atoms with Crippen LogP contribution in [0.4, 0.5) is 11.4 Å². The van der Waals surface area contributed by atoms with Crippen molar-refractivity contribution in [2.75, 3.05) is 25.0 Å². The zero-order valence-corrected chi connectivity index (χ0v) is 16.0. The van der Waals surface area contributed by atoms with Crippen LogP contribution in [0.25, 0.3) is 21.9 Å². The highest BCUT2D eigenvalue weighted by Gasteiger charge is 2.20. The molecule has 0 bridgehead atoms. The molecule has 138 valence electrons.